The second-order valence-electron chi connectivity index (χ2n) is 6.69. The first-order valence-electron chi connectivity index (χ1n) is 8.82. The summed E-state index contributed by atoms with van der Waals surface area (Å²) < 4.78 is 16.9. The van der Waals surface area contributed by atoms with Crippen molar-refractivity contribution in [1.82, 2.24) is 5.32 Å². The summed E-state index contributed by atoms with van der Waals surface area (Å²) in [7, 11) is -1.32. The quantitative estimate of drug-likeness (QED) is 0.704. The molecule has 27 heavy (non-hydrogen) atoms. The van der Waals surface area contributed by atoms with Crippen LogP contribution in [0.1, 0.15) is 42.2 Å². The van der Waals surface area contributed by atoms with Crippen LogP contribution in [0.2, 0.25) is 0 Å². The van der Waals surface area contributed by atoms with Crippen molar-refractivity contribution in [3.63, 3.8) is 0 Å². The number of benzene rings is 2. The highest BCUT2D eigenvalue weighted by molar-refractivity contribution is 7.84. The number of rotatable bonds is 8. The number of hydrogen-bond acceptors (Lipinski definition) is 4. The molecule has 0 spiro atoms. The molecule has 0 bridgehead atoms. The van der Waals surface area contributed by atoms with Crippen molar-refractivity contribution in [2.45, 2.75) is 31.2 Å². The zero-order chi connectivity index (χ0) is 19.8. The van der Waals surface area contributed by atoms with Crippen LogP contribution in [0.4, 0.5) is 0 Å². The van der Waals surface area contributed by atoms with Gasteiger partial charge in [-0.2, -0.15) is 0 Å². The van der Waals surface area contributed by atoms with Crippen LogP contribution in [0.25, 0.3) is 0 Å². The first-order chi connectivity index (χ1) is 12.9. The molecular formula is C21H25NO4S. The molecule has 0 aliphatic rings. The average Bonchev–Trinajstić information content (AvgIpc) is 2.66. The SMILES string of the molecule is CC(C)C[C@H](NC(=O)COC(=O)c1ccccc1[S@](C)=O)c1ccccc1. The summed E-state index contributed by atoms with van der Waals surface area (Å²) in [5.74, 6) is -0.631. The molecular weight excluding hydrogens is 362 g/mol. The Kier molecular flexibility index (Phi) is 7.73. The number of amides is 1. The monoisotopic (exact) mass is 387 g/mol. The lowest BCUT2D eigenvalue weighted by Crippen LogP contribution is -2.33. The van der Waals surface area contributed by atoms with E-state index in [9.17, 15) is 13.8 Å². The zero-order valence-corrected chi connectivity index (χ0v) is 16.6. The largest absolute Gasteiger partial charge is 0.452 e. The van der Waals surface area contributed by atoms with Crippen molar-refractivity contribution >= 4 is 22.7 Å². The molecule has 1 amide bonds. The molecule has 2 atom stereocenters. The minimum Gasteiger partial charge on any atom is -0.452 e. The molecule has 2 rings (SSSR count). The third kappa shape index (κ3) is 6.32. The van der Waals surface area contributed by atoms with Crippen LogP contribution in [0, 0.1) is 5.92 Å². The van der Waals surface area contributed by atoms with Gasteiger partial charge in [-0.25, -0.2) is 4.79 Å². The number of nitrogens with one attached hydrogen (secondary N) is 1. The molecule has 0 heterocycles. The van der Waals surface area contributed by atoms with Crippen LogP contribution in [0.15, 0.2) is 59.5 Å². The number of esters is 1. The van der Waals surface area contributed by atoms with Gasteiger partial charge >= 0.3 is 5.97 Å². The van der Waals surface area contributed by atoms with E-state index in [1.165, 1.54) is 6.26 Å². The Morgan fingerprint density at radius 2 is 1.67 bits per heavy atom. The van der Waals surface area contributed by atoms with Gasteiger partial charge in [0.1, 0.15) is 0 Å². The number of carbonyl (C=O) groups excluding carboxylic acids is 2. The summed E-state index contributed by atoms with van der Waals surface area (Å²) in [5.41, 5.74) is 1.23. The predicted molar refractivity (Wildman–Crippen MR) is 106 cm³/mol. The lowest BCUT2D eigenvalue weighted by Gasteiger charge is -2.21. The molecule has 5 nitrogen and oxygen atoms in total. The lowest BCUT2D eigenvalue weighted by molar-refractivity contribution is -0.125. The van der Waals surface area contributed by atoms with Gasteiger partial charge in [-0.3, -0.25) is 9.00 Å². The third-order valence-electron chi connectivity index (χ3n) is 4.00. The fourth-order valence-corrected chi connectivity index (χ4v) is 3.50. The normalized spacial score (nSPS) is 13.0. The smallest absolute Gasteiger partial charge is 0.339 e. The summed E-state index contributed by atoms with van der Waals surface area (Å²) in [6, 6.07) is 16.1. The molecule has 0 unspecified atom stereocenters. The Labute approximate surface area is 162 Å². The molecule has 144 valence electrons. The van der Waals surface area contributed by atoms with Crippen molar-refractivity contribution in [2.24, 2.45) is 5.92 Å². The van der Waals surface area contributed by atoms with Gasteiger partial charge < -0.3 is 10.1 Å². The minimum atomic E-state index is -1.32. The van der Waals surface area contributed by atoms with Crippen LogP contribution < -0.4 is 5.32 Å². The molecule has 6 heteroatoms. The minimum absolute atomic E-state index is 0.146. The van der Waals surface area contributed by atoms with Crippen molar-refractivity contribution in [2.75, 3.05) is 12.9 Å². The van der Waals surface area contributed by atoms with Crippen molar-refractivity contribution in [3.8, 4) is 0 Å². The topological polar surface area (TPSA) is 72.5 Å². The van der Waals surface area contributed by atoms with E-state index >= 15 is 0 Å². The van der Waals surface area contributed by atoms with E-state index in [1.807, 2.05) is 30.3 Å². The fraction of sp³-hybridized carbons (Fsp3) is 0.333. The number of ether oxygens (including phenoxy) is 1. The van der Waals surface area contributed by atoms with Crippen molar-refractivity contribution in [1.29, 1.82) is 0 Å². The van der Waals surface area contributed by atoms with Crippen molar-refractivity contribution in [3.05, 3.63) is 65.7 Å². The van der Waals surface area contributed by atoms with Gasteiger partial charge in [-0.05, 0) is 30.0 Å². The average molecular weight is 388 g/mol. The molecule has 2 aromatic rings. The van der Waals surface area contributed by atoms with E-state index < -0.39 is 16.8 Å². The molecule has 0 aliphatic carbocycles. The van der Waals surface area contributed by atoms with E-state index in [0.717, 1.165) is 12.0 Å². The standard InChI is InChI=1S/C21H25NO4S/c1-15(2)13-18(16-9-5-4-6-10-16)22-20(23)14-26-21(24)17-11-7-8-12-19(17)27(3)25/h4-12,15,18H,13-14H2,1-3H3,(H,22,23)/t18-,27-/m0/s1. The van der Waals surface area contributed by atoms with Crippen LogP contribution >= 0.6 is 0 Å². The highest BCUT2D eigenvalue weighted by atomic mass is 32.2. The Morgan fingerprint density at radius 3 is 2.30 bits per heavy atom. The van der Waals surface area contributed by atoms with E-state index in [2.05, 4.69) is 19.2 Å². The summed E-state index contributed by atoms with van der Waals surface area (Å²) in [6.07, 6.45) is 2.27. The van der Waals surface area contributed by atoms with Gasteiger partial charge in [0.05, 0.1) is 27.3 Å². The number of hydrogen-bond donors (Lipinski definition) is 1. The highest BCUT2D eigenvalue weighted by Crippen LogP contribution is 2.21. The second-order valence-corrected chi connectivity index (χ2v) is 8.03. The lowest BCUT2D eigenvalue weighted by atomic mass is 9.97. The van der Waals surface area contributed by atoms with E-state index in [-0.39, 0.29) is 24.1 Å². The van der Waals surface area contributed by atoms with Gasteiger partial charge in [-0.15, -0.1) is 0 Å². The maximum absolute atomic E-state index is 12.3. The maximum Gasteiger partial charge on any atom is 0.339 e. The Bertz CT molecular complexity index is 805. The van der Waals surface area contributed by atoms with Crippen LogP contribution in [0.5, 0.6) is 0 Å². The molecule has 0 saturated carbocycles. The van der Waals surface area contributed by atoms with E-state index in [1.54, 1.807) is 24.3 Å². The Balaban J connectivity index is 2.00. The molecule has 0 saturated heterocycles. The fourth-order valence-electron chi connectivity index (χ4n) is 2.77. The first-order valence-corrected chi connectivity index (χ1v) is 10.4. The summed E-state index contributed by atoms with van der Waals surface area (Å²) in [5, 5.41) is 2.93. The summed E-state index contributed by atoms with van der Waals surface area (Å²) in [4.78, 5) is 25.0. The van der Waals surface area contributed by atoms with Gasteiger partial charge in [0, 0.05) is 6.26 Å². The van der Waals surface area contributed by atoms with E-state index in [0.29, 0.717) is 10.8 Å². The predicted octanol–water partition coefficient (Wildman–Crippen LogP) is 3.48. The van der Waals surface area contributed by atoms with Gasteiger partial charge in [0.25, 0.3) is 5.91 Å². The molecule has 0 aromatic heterocycles. The Morgan fingerprint density at radius 1 is 1.04 bits per heavy atom. The molecule has 0 radical (unpaired) electrons. The zero-order valence-electron chi connectivity index (χ0n) is 15.8. The maximum atomic E-state index is 12.3. The van der Waals surface area contributed by atoms with Crippen LogP contribution in [0.3, 0.4) is 0 Å². The molecule has 0 aliphatic heterocycles. The van der Waals surface area contributed by atoms with E-state index in [4.69, 9.17) is 4.74 Å². The summed E-state index contributed by atoms with van der Waals surface area (Å²) >= 11 is 0. The summed E-state index contributed by atoms with van der Waals surface area (Å²) in [6.45, 7) is 3.79. The highest BCUT2D eigenvalue weighted by Gasteiger charge is 2.19. The first kappa shape index (κ1) is 20.8. The van der Waals surface area contributed by atoms with Crippen LogP contribution in [-0.4, -0.2) is 28.9 Å². The van der Waals surface area contributed by atoms with Crippen molar-refractivity contribution < 1.29 is 18.5 Å². The molecule has 2 aromatic carbocycles. The Hall–Kier alpha value is -2.47. The number of carbonyl (C=O) groups is 2. The third-order valence-corrected chi connectivity index (χ3v) is 4.97. The van der Waals surface area contributed by atoms with Gasteiger partial charge in [-0.1, -0.05) is 56.3 Å². The molecule has 1 N–H and O–H groups in total. The second kappa shape index (κ2) is 10.0. The molecule has 0 fully saturated rings. The van der Waals surface area contributed by atoms with Gasteiger partial charge in [0.15, 0.2) is 6.61 Å². The van der Waals surface area contributed by atoms with Gasteiger partial charge in [0.2, 0.25) is 0 Å². The van der Waals surface area contributed by atoms with Crippen LogP contribution in [-0.2, 0) is 20.3 Å².